The van der Waals surface area contributed by atoms with E-state index in [0.29, 0.717) is 6.10 Å². The Hall–Kier alpha value is -0.930. The third kappa shape index (κ3) is 3.61. The number of hydrogen-bond donors (Lipinski definition) is 1. The molecule has 1 aliphatic heterocycles. The van der Waals surface area contributed by atoms with Crippen LogP contribution in [0.3, 0.4) is 0 Å². The van der Waals surface area contributed by atoms with Crippen LogP contribution >= 0.6 is 0 Å². The number of nitrogens with zero attached hydrogens (tertiary/aromatic N) is 1. The highest BCUT2D eigenvalue weighted by molar-refractivity contribution is 5.03. The molecule has 2 heterocycles. The van der Waals surface area contributed by atoms with Crippen LogP contribution in [0.5, 0.6) is 0 Å². The van der Waals surface area contributed by atoms with Gasteiger partial charge in [0.1, 0.15) is 0 Å². The lowest BCUT2D eigenvalue weighted by Gasteiger charge is -2.23. The van der Waals surface area contributed by atoms with Gasteiger partial charge in [0, 0.05) is 25.0 Å². The summed E-state index contributed by atoms with van der Waals surface area (Å²) in [6.07, 6.45) is 5.60. The number of morpholine rings is 1. The van der Waals surface area contributed by atoms with Gasteiger partial charge in [-0.2, -0.15) is 0 Å². The Kier molecular flexibility index (Phi) is 4.11. The third-order valence-corrected chi connectivity index (χ3v) is 2.69. The first-order valence-electron chi connectivity index (χ1n) is 5.67. The van der Waals surface area contributed by atoms with E-state index in [-0.39, 0.29) is 0 Å². The third-order valence-electron chi connectivity index (χ3n) is 2.69. The number of pyridine rings is 1. The minimum Gasteiger partial charge on any atom is -0.376 e. The van der Waals surface area contributed by atoms with Gasteiger partial charge in [-0.3, -0.25) is 4.98 Å². The fourth-order valence-electron chi connectivity index (χ4n) is 1.86. The van der Waals surface area contributed by atoms with Gasteiger partial charge in [-0.1, -0.05) is 6.07 Å². The molecule has 0 spiro atoms. The van der Waals surface area contributed by atoms with Crippen molar-refractivity contribution in [1.82, 2.24) is 10.3 Å². The van der Waals surface area contributed by atoms with Crippen molar-refractivity contribution in [2.45, 2.75) is 25.4 Å². The molecule has 0 radical (unpaired) electrons. The van der Waals surface area contributed by atoms with Crippen molar-refractivity contribution in [3.05, 3.63) is 30.1 Å². The molecule has 3 heteroatoms. The first kappa shape index (κ1) is 10.6. The van der Waals surface area contributed by atoms with Crippen LogP contribution in [0.1, 0.15) is 18.5 Å². The summed E-state index contributed by atoms with van der Waals surface area (Å²) in [6, 6.07) is 6.08. The van der Waals surface area contributed by atoms with Crippen molar-refractivity contribution in [1.29, 1.82) is 0 Å². The maximum atomic E-state index is 5.63. The summed E-state index contributed by atoms with van der Waals surface area (Å²) in [6.45, 7) is 2.85. The number of aromatic nitrogens is 1. The van der Waals surface area contributed by atoms with Crippen LogP contribution in [0, 0.1) is 0 Å². The van der Waals surface area contributed by atoms with E-state index in [0.717, 1.165) is 39.0 Å². The van der Waals surface area contributed by atoms with Crippen molar-refractivity contribution in [2.75, 3.05) is 19.7 Å². The molecule has 0 amide bonds. The molecule has 0 aromatic carbocycles. The predicted octanol–water partition coefficient (Wildman–Crippen LogP) is 1.39. The van der Waals surface area contributed by atoms with Gasteiger partial charge in [0.25, 0.3) is 0 Å². The summed E-state index contributed by atoms with van der Waals surface area (Å²) in [5, 5.41) is 3.34. The molecule has 1 atom stereocenters. The van der Waals surface area contributed by atoms with Gasteiger partial charge in [0.05, 0.1) is 12.7 Å². The van der Waals surface area contributed by atoms with Gasteiger partial charge < -0.3 is 10.1 Å². The zero-order valence-corrected chi connectivity index (χ0v) is 8.98. The van der Waals surface area contributed by atoms with E-state index in [1.165, 1.54) is 5.69 Å². The molecule has 2 rings (SSSR count). The number of aryl methyl sites for hydroxylation is 1. The Morgan fingerprint density at radius 3 is 3.20 bits per heavy atom. The number of rotatable bonds is 4. The molecule has 0 aliphatic carbocycles. The molecule has 1 unspecified atom stereocenters. The number of nitrogens with one attached hydrogen (secondary N) is 1. The molecular formula is C12H18N2O. The van der Waals surface area contributed by atoms with Crippen molar-refractivity contribution in [2.24, 2.45) is 0 Å². The molecule has 15 heavy (non-hydrogen) atoms. The molecule has 1 aliphatic rings. The van der Waals surface area contributed by atoms with Crippen LogP contribution in [0.25, 0.3) is 0 Å². The fourth-order valence-corrected chi connectivity index (χ4v) is 1.86. The van der Waals surface area contributed by atoms with Crippen molar-refractivity contribution >= 4 is 0 Å². The summed E-state index contributed by atoms with van der Waals surface area (Å²) < 4.78 is 5.63. The molecule has 1 aromatic heterocycles. The second-order valence-electron chi connectivity index (χ2n) is 3.91. The Balaban J connectivity index is 1.66. The summed E-state index contributed by atoms with van der Waals surface area (Å²) in [4.78, 5) is 4.30. The monoisotopic (exact) mass is 206 g/mol. The van der Waals surface area contributed by atoms with E-state index in [1.54, 1.807) is 0 Å². The molecule has 1 aromatic rings. The second-order valence-corrected chi connectivity index (χ2v) is 3.91. The van der Waals surface area contributed by atoms with Gasteiger partial charge in [0.15, 0.2) is 0 Å². The van der Waals surface area contributed by atoms with Crippen molar-refractivity contribution in [3.63, 3.8) is 0 Å². The maximum Gasteiger partial charge on any atom is 0.0700 e. The topological polar surface area (TPSA) is 34.1 Å². The zero-order chi connectivity index (χ0) is 10.3. The summed E-state index contributed by atoms with van der Waals surface area (Å²) >= 11 is 0. The van der Waals surface area contributed by atoms with E-state index >= 15 is 0 Å². The highest BCUT2D eigenvalue weighted by Crippen LogP contribution is 2.08. The van der Waals surface area contributed by atoms with Gasteiger partial charge in [-0.05, 0) is 31.4 Å². The van der Waals surface area contributed by atoms with Crippen LogP contribution in [-0.4, -0.2) is 30.8 Å². The smallest absolute Gasteiger partial charge is 0.0700 e. The SMILES string of the molecule is c1ccc(CCCC2CNCCO2)nc1. The lowest BCUT2D eigenvalue weighted by molar-refractivity contribution is 0.0225. The summed E-state index contributed by atoms with van der Waals surface area (Å²) in [7, 11) is 0. The lowest BCUT2D eigenvalue weighted by Crippen LogP contribution is -2.38. The average Bonchev–Trinajstić information content (AvgIpc) is 2.32. The first-order valence-corrected chi connectivity index (χ1v) is 5.67. The van der Waals surface area contributed by atoms with Crippen LogP contribution in [0.15, 0.2) is 24.4 Å². The minimum atomic E-state index is 0.405. The van der Waals surface area contributed by atoms with Crippen LogP contribution in [-0.2, 0) is 11.2 Å². The number of hydrogen-bond acceptors (Lipinski definition) is 3. The lowest BCUT2D eigenvalue weighted by atomic mass is 10.1. The maximum absolute atomic E-state index is 5.63. The Labute approximate surface area is 90.9 Å². The van der Waals surface area contributed by atoms with E-state index in [1.807, 2.05) is 18.3 Å². The van der Waals surface area contributed by atoms with Gasteiger partial charge in [0.2, 0.25) is 0 Å². The largest absolute Gasteiger partial charge is 0.376 e. The van der Waals surface area contributed by atoms with Crippen LogP contribution < -0.4 is 5.32 Å². The molecule has 3 nitrogen and oxygen atoms in total. The van der Waals surface area contributed by atoms with Crippen molar-refractivity contribution in [3.8, 4) is 0 Å². The average molecular weight is 206 g/mol. The van der Waals surface area contributed by atoms with Gasteiger partial charge in [-0.15, -0.1) is 0 Å². The molecule has 82 valence electrons. The molecular weight excluding hydrogens is 188 g/mol. The minimum absolute atomic E-state index is 0.405. The van der Waals surface area contributed by atoms with E-state index in [4.69, 9.17) is 4.74 Å². The van der Waals surface area contributed by atoms with E-state index in [9.17, 15) is 0 Å². The Morgan fingerprint density at radius 2 is 2.47 bits per heavy atom. The highest BCUT2D eigenvalue weighted by atomic mass is 16.5. The highest BCUT2D eigenvalue weighted by Gasteiger charge is 2.12. The molecule has 0 bridgehead atoms. The molecule has 1 saturated heterocycles. The standard InChI is InChI=1S/C12H18N2O/c1-2-7-14-11(4-1)5-3-6-12-10-13-8-9-15-12/h1-2,4,7,12-13H,3,5-6,8-10H2. The van der Waals surface area contributed by atoms with Gasteiger partial charge in [-0.25, -0.2) is 0 Å². The van der Waals surface area contributed by atoms with Crippen LogP contribution in [0.4, 0.5) is 0 Å². The molecule has 1 N–H and O–H groups in total. The second kappa shape index (κ2) is 5.83. The van der Waals surface area contributed by atoms with E-state index < -0.39 is 0 Å². The molecule has 1 fully saturated rings. The summed E-state index contributed by atoms with van der Waals surface area (Å²) in [5.41, 5.74) is 1.18. The number of ether oxygens (including phenoxy) is 1. The quantitative estimate of drug-likeness (QED) is 0.808. The van der Waals surface area contributed by atoms with E-state index in [2.05, 4.69) is 16.4 Å². The van der Waals surface area contributed by atoms with Gasteiger partial charge >= 0.3 is 0 Å². The molecule has 0 saturated carbocycles. The predicted molar refractivity (Wildman–Crippen MR) is 59.8 cm³/mol. The Bertz CT molecular complexity index is 270. The fraction of sp³-hybridized carbons (Fsp3) is 0.583. The Morgan fingerprint density at radius 1 is 1.47 bits per heavy atom. The first-order chi connectivity index (χ1) is 7.45. The zero-order valence-electron chi connectivity index (χ0n) is 8.98. The normalized spacial score (nSPS) is 21.5. The summed E-state index contributed by atoms with van der Waals surface area (Å²) in [5.74, 6) is 0. The van der Waals surface area contributed by atoms with Crippen LogP contribution in [0.2, 0.25) is 0 Å². The van der Waals surface area contributed by atoms with Crippen molar-refractivity contribution < 1.29 is 4.74 Å².